The van der Waals surface area contributed by atoms with Crippen LogP contribution in [0.2, 0.25) is 0 Å². The molecule has 6 nitrogen and oxygen atoms in total. The van der Waals surface area contributed by atoms with Crippen molar-refractivity contribution in [3.8, 4) is 0 Å². The van der Waals surface area contributed by atoms with Crippen molar-refractivity contribution in [3.05, 3.63) is 29.8 Å². The number of hydrogen-bond acceptors (Lipinski definition) is 3. The highest BCUT2D eigenvalue weighted by atomic mass is 32.2. The Morgan fingerprint density at radius 1 is 1.37 bits per heavy atom. The van der Waals surface area contributed by atoms with E-state index in [9.17, 15) is 13.2 Å². The topological polar surface area (TPSA) is 86.7 Å². The standard InChI is InChI=1S/C12H18N2O4S/c1-9(2)10-6-4-5-7-11(10)13-19(17,18)14(3)8-12(15)16/h4-7,9,13H,8H2,1-3H3,(H,15,16). The Morgan fingerprint density at radius 3 is 2.47 bits per heavy atom. The van der Waals surface area contributed by atoms with Gasteiger partial charge in [0.2, 0.25) is 0 Å². The molecule has 2 N–H and O–H groups in total. The molecule has 1 aromatic carbocycles. The van der Waals surface area contributed by atoms with Gasteiger partial charge in [0.15, 0.2) is 0 Å². The van der Waals surface area contributed by atoms with Crippen molar-refractivity contribution in [1.82, 2.24) is 4.31 Å². The molecule has 0 bridgehead atoms. The lowest BCUT2D eigenvalue weighted by atomic mass is 10.0. The molecule has 0 aliphatic heterocycles. The first-order valence-electron chi connectivity index (χ1n) is 5.79. The maximum Gasteiger partial charge on any atom is 0.318 e. The molecule has 1 rings (SSSR count). The number of rotatable bonds is 6. The molecule has 0 aromatic heterocycles. The van der Waals surface area contributed by atoms with Crippen molar-refractivity contribution in [3.63, 3.8) is 0 Å². The number of nitrogens with zero attached hydrogens (tertiary/aromatic N) is 1. The minimum absolute atomic E-state index is 0.156. The van der Waals surface area contributed by atoms with Crippen LogP contribution in [-0.2, 0) is 15.0 Å². The molecule has 0 amide bonds. The van der Waals surface area contributed by atoms with Crippen molar-refractivity contribution in [2.45, 2.75) is 19.8 Å². The number of hydrogen-bond donors (Lipinski definition) is 2. The number of carbonyl (C=O) groups is 1. The molecular formula is C12H18N2O4S. The summed E-state index contributed by atoms with van der Waals surface area (Å²) in [4.78, 5) is 10.6. The van der Waals surface area contributed by atoms with Crippen LogP contribution in [0.1, 0.15) is 25.3 Å². The van der Waals surface area contributed by atoms with E-state index in [1.807, 2.05) is 26.0 Å². The summed E-state index contributed by atoms with van der Waals surface area (Å²) >= 11 is 0. The summed E-state index contributed by atoms with van der Waals surface area (Å²) in [5.41, 5.74) is 1.32. The highest BCUT2D eigenvalue weighted by molar-refractivity contribution is 7.90. The van der Waals surface area contributed by atoms with E-state index in [1.54, 1.807) is 12.1 Å². The molecule has 0 heterocycles. The predicted octanol–water partition coefficient (Wildman–Crippen LogP) is 1.48. The van der Waals surface area contributed by atoms with Crippen molar-refractivity contribution in [2.24, 2.45) is 0 Å². The third kappa shape index (κ3) is 4.22. The van der Waals surface area contributed by atoms with E-state index in [-0.39, 0.29) is 5.92 Å². The van der Waals surface area contributed by atoms with Gasteiger partial charge in [0, 0.05) is 7.05 Å². The lowest BCUT2D eigenvalue weighted by Gasteiger charge is -2.19. The Labute approximate surface area is 113 Å². The predicted molar refractivity (Wildman–Crippen MR) is 73.3 cm³/mol. The van der Waals surface area contributed by atoms with Crippen LogP contribution in [0.25, 0.3) is 0 Å². The molecule has 1 aromatic rings. The smallest absolute Gasteiger partial charge is 0.318 e. The van der Waals surface area contributed by atoms with Crippen LogP contribution in [-0.4, -0.2) is 37.4 Å². The van der Waals surface area contributed by atoms with Gasteiger partial charge >= 0.3 is 16.2 Å². The molecular weight excluding hydrogens is 268 g/mol. The largest absolute Gasteiger partial charge is 0.480 e. The quantitative estimate of drug-likeness (QED) is 0.829. The van der Waals surface area contributed by atoms with E-state index in [1.165, 1.54) is 7.05 Å². The normalized spacial score (nSPS) is 11.8. The Morgan fingerprint density at radius 2 is 1.95 bits per heavy atom. The molecule has 0 fully saturated rings. The van der Waals surface area contributed by atoms with Gasteiger partial charge in [-0.2, -0.15) is 12.7 Å². The third-order valence-electron chi connectivity index (χ3n) is 2.59. The second kappa shape index (κ2) is 6.03. The fourth-order valence-corrected chi connectivity index (χ4v) is 2.49. The summed E-state index contributed by atoms with van der Waals surface area (Å²) in [6.45, 7) is 3.32. The van der Waals surface area contributed by atoms with Gasteiger partial charge in [-0.3, -0.25) is 9.52 Å². The molecule has 0 unspecified atom stereocenters. The summed E-state index contributed by atoms with van der Waals surface area (Å²) in [6.07, 6.45) is 0. The third-order valence-corrected chi connectivity index (χ3v) is 4.02. The number of likely N-dealkylation sites (N-methyl/N-ethyl adjacent to an activating group) is 1. The Hall–Kier alpha value is -1.60. The van der Waals surface area contributed by atoms with E-state index >= 15 is 0 Å². The first-order chi connectivity index (χ1) is 8.74. The maximum atomic E-state index is 12.0. The van der Waals surface area contributed by atoms with Crippen LogP contribution < -0.4 is 4.72 Å². The minimum Gasteiger partial charge on any atom is -0.480 e. The molecule has 0 aliphatic rings. The molecule has 19 heavy (non-hydrogen) atoms. The highest BCUT2D eigenvalue weighted by Crippen LogP contribution is 2.24. The molecule has 0 radical (unpaired) electrons. The molecule has 0 saturated carbocycles. The number of anilines is 1. The Kier molecular flexibility index (Phi) is 4.90. The van der Waals surface area contributed by atoms with Crippen LogP contribution in [0, 0.1) is 0 Å². The fraction of sp³-hybridized carbons (Fsp3) is 0.417. The number of carboxylic acids is 1. The zero-order valence-electron chi connectivity index (χ0n) is 11.1. The molecule has 0 atom stereocenters. The Balaban J connectivity index is 2.99. The van der Waals surface area contributed by atoms with Crippen molar-refractivity contribution in [2.75, 3.05) is 18.3 Å². The number of nitrogens with one attached hydrogen (secondary N) is 1. The molecule has 7 heteroatoms. The monoisotopic (exact) mass is 286 g/mol. The second-order valence-electron chi connectivity index (χ2n) is 4.50. The maximum absolute atomic E-state index is 12.0. The number of benzene rings is 1. The van der Waals surface area contributed by atoms with Gasteiger partial charge in [0.25, 0.3) is 0 Å². The lowest BCUT2D eigenvalue weighted by Crippen LogP contribution is -2.36. The van der Waals surface area contributed by atoms with E-state index in [4.69, 9.17) is 5.11 Å². The fourth-order valence-electron chi connectivity index (χ4n) is 1.59. The lowest BCUT2D eigenvalue weighted by molar-refractivity contribution is -0.137. The molecule has 0 spiro atoms. The molecule has 106 valence electrons. The van der Waals surface area contributed by atoms with E-state index in [0.717, 1.165) is 9.87 Å². The SMILES string of the molecule is CC(C)c1ccccc1NS(=O)(=O)N(C)CC(=O)O. The van der Waals surface area contributed by atoms with E-state index < -0.39 is 22.7 Å². The molecule has 0 saturated heterocycles. The summed E-state index contributed by atoms with van der Waals surface area (Å²) in [5, 5.41) is 8.62. The van der Waals surface area contributed by atoms with Crippen LogP contribution in [0.3, 0.4) is 0 Å². The number of aliphatic carboxylic acids is 1. The zero-order chi connectivity index (χ0) is 14.6. The first-order valence-corrected chi connectivity index (χ1v) is 7.23. The van der Waals surface area contributed by atoms with Crippen LogP contribution in [0.4, 0.5) is 5.69 Å². The second-order valence-corrected chi connectivity index (χ2v) is 6.28. The average Bonchev–Trinajstić information content (AvgIpc) is 2.27. The Bertz CT molecular complexity index is 555. The molecule has 0 aliphatic carbocycles. The van der Waals surface area contributed by atoms with Gasteiger partial charge < -0.3 is 5.11 Å². The van der Waals surface area contributed by atoms with E-state index in [2.05, 4.69) is 4.72 Å². The van der Waals surface area contributed by atoms with Crippen LogP contribution in [0.15, 0.2) is 24.3 Å². The van der Waals surface area contributed by atoms with Crippen molar-refractivity contribution in [1.29, 1.82) is 0 Å². The van der Waals surface area contributed by atoms with E-state index in [0.29, 0.717) is 5.69 Å². The highest BCUT2D eigenvalue weighted by Gasteiger charge is 2.21. The van der Waals surface area contributed by atoms with Crippen LogP contribution in [0.5, 0.6) is 0 Å². The van der Waals surface area contributed by atoms with Crippen LogP contribution >= 0.6 is 0 Å². The van der Waals surface area contributed by atoms with Gasteiger partial charge in [-0.15, -0.1) is 0 Å². The summed E-state index contributed by atoms with van der Waals surface area (Å²) in [7, 11) is -2.65. The van der Waals surface area contributed by atoms with Gasteiger partial charge in [-0.1, -0.05) is 32.0 Å². The number of para-hydroxylation sites is 1. The average molecular weight is 286 g/mol. The van der Waals surface area contributed by atoms with Gasteiger partial charge in [-0.05, 0) is 17.5 Å². The van der Waals surface area contributed by atoms with Crippen molar-refractivity contribution >= 4 is 21.9 Å². The summed E-state index contributed by atoms with van der Waals surface area (Å²) < 4.78 is 27.1. The number of carboxylic acid groups (broad SMARTS) is 1. The first kappa shape index (κ1) is 15.5. The zero-order valence-corrected chi connectivity index (χ0v) is 11.9. The van der Waals surface area contributed by atoms with Gasteiger partial charge in [-0.25, -0.2) is 0 Å². The van der Waals surface area contributed by atoms with Crippen molar-refractivity contribution < 1.29 is 18.3 Å². The summed E-state index contributed by atoms with van der Waals surface area (Å²) in [6, 6.07) is 7.04. The minimum atomic E-state index is -3.86. The summed E-state index contributed by atoms with van der Waals surface area (Å²) in [5.74, 6) is -1.05. The van der Waals surface area contributed by atoms with Gasteiger partial charge in [0.05, 0.1) is 5.69 Å². The van der Waals surface area contributed by atoms with Gasteiger partial charge in [0.1, 0.15) is 6.54 Å².